The second-order valence-electron chi connectivity index (χ2n) is 10.5. The van der Waals surface area contributed by atoms with E-state index in [0.717, 1.165) is 65.2 Å². The molecule has 4 aromatic rings. The van der Waals surface area contributed by atoms with E-state index in [9.17, 15) is 9.90 Å². The molecule has 0 saturated heterocycles. The molecule has 2 atom stereocenters. The lowest BCUT2D eigenvalue weighted by molar-refractivity contribution is 0.0703. The van der Waals surface area contributed by atoms with Crippen molar-refractivity contribution in [3.63, 3.8) is 0 Å². The maximum atomic E-state index is 12.7. The summed E-state index contributed by atoms with van der Waals surface area (Å²) in [4.78, 5) is 24.6. The van der Waals surface area contributed by atoms with E-state index in [-0.39, 0.29) is 5.91 Å². The minimum Gasteiger partial charge on any atom is -0.493 e. The average molecular weight is 497 g/mol. The van der Waals surface area contributed by atoms with E-state index < -0.39 is 6.10 Å². The lowest BCUT2D eigenvalue weighted by atomic mass is 9.84. The van der Waals surface area contributed by atoms with Gasteiger partial charge in [0.05, 0.1) is 12.7 Å². The fourth-order valence-corrected chi connectivity index (χ4v) is 5.83. The van der Waals surface area contributed by atoms with Crippen LogP contribution in [0.4, 0.5) is 0 Å². The Morgan fingerprint density at radius 1 is 1.22 bits per heavy atom. The maximum Gasteiger partial charge on any atom is 0.253 e. The summed E-state index contributed by atoms with van der Waals surface area (Å²) in [6.45, 7) is 4.75. The standard InChI is InChI=1S/C30H32N4O3/c1-18(35)15-34(3)30(36)20-6-4-19(5-7-20)26-14-32-29-25(26)11-23(13-31-29)22-10-24-17-33(2)16-21-8-9-37-27(12-22)28(21)24/h4-7,10-14,18,21,35H,8-9,15-17H2,1-3H3,(H,31,32)/t18-,21?/m1/s1. The number of fused-ring (bicyclic) bond motifs is 1. The Morgan fingerprint density at radius 3 is 2.81 bits per heavy atom. The van der Waals surface area contributed by atoms with Crippen LogP contribution in [0, 0.1) is 0 Å². The predicted molar refractivity (Wildman–Crippen MR) is 145 cm³/mol. The van der Waals surface area contributed by atoms with Crippen molar-refractivity contribution in [3.05, 3.63) is 71.5 Å². The van der Waals surface area contributed by atoms with E-state index in [1.807, 2.05) is 36.7 Å². The van der Waals surface area contributed by atoms with Gasteiger partial charge in [-0.2, -0.15) is 0 Å². The maximum absolute atomic E-state index is 12.7. The number of carbonyl (C=O) groups excluding carboxylic acids is 1. The van der Waals surface area contributed by atoms with Gasteiger partial charge in [0.1, 0.15) is 11.4 Å². The van der Waals surface area contributed by atoms with Gasteiger partial charge in [0.25, 0.3) is 5.91 Å². The number of rotatable bonds is 5. The molecule has 0 saturated carbocycles. The third-order valence-corrected chi connectivity index (χ3v) is 7.52. The highest BCUT2D eigenvalue weighted by Crippen LogP contribution is 2.43. The van der Waals surface area contributed by atoms with E-state index in [0.29, 0.717) is 18.0 Å². The van der Waals surface area contributed by atoms with Crippen molar-refractivity contribution in [2.75, 3.05) is 33.8 Å². The molecule has 37 heavy (non-hydrogen) atoms. The van der Waals surface area contributed by atoms with Gasteiger partial charge in [-0.25, -0.2) is 4.98 Å². The number of aromatic amines is 1. The molecule has 7 nitrogen and oxygen atoms in total. The molecule has 2 aromatic carbocycles. The summed E-state index contributed by atoms with van der Waals surface area (Å²) < 4.78 is 6.11. The fourth-order valence-electron chi connectivity index (χ4n) is 5.83. The number of ether oxygens (including phenoxy) is 1. The molecule has 1 unspecified atom stereocenters. The number of hydrogen-bond acceptors (Lipinski definition) is 5. The van der Waals surface area contributed by atoms with Crippen LogP contribution in [0.15, 0.2) is 54.9 Å². The number of H-pyrrole nitrogens is 1. The van der Waals surface area contributed by atoms with Crippen LogP contribution in [0.5, 0.6) is 5.75 Å². The molecule has 1 amide bonds. The van der Waals surface area contributed by atoms with Gasteiger partial charge in [0, 0.05) is 72.6 Å². The SMILES string of the molecule is C[C@@H](O)CN(C)C(=O)c1ccc(-c2c[nH]c3ncc(-c4cc5c6c(c4)OCCC6CN(C)C5)cc23)cc1. The summed E-state index contributed by atoms with van der Waals surface area (Å²) in [5, 5.41) is 10.6. The second-order valence-corrected chi connectivity index (χ2v) is 10.5. The van der Waals surface area contributed by atoms with Crippen LogP contribution < -0.4 is 4.74 Å². The number of carbonyl (C=O) groups is 1. The molecule has 0 spiro atoms. The zero-order valence-corrected chi connectivity index (χ0v) is 21.5. The van der Waals surface area contributed by atoms with Gasteiger partial charge >= 0.3 is 0 Å². The zero-order chi connectivity index (χ0) is 25.7. The Balaban J connectivity index is 1.34. The lowest BCUT2D eigenvalue weighted by Crippen LogP contribution is -2.33. The van der Waals surface area contributed by atoms with Gasteiger partial charge in [-0.3, -0.25) is 4.79 Å². The van der Waals surface area contributed by atoms with E-state index >= 15 is 0 Å². The lowest BCUT2D eigenvalue weighted by Gasteiger charge is -2.36. The Kier molecular flexibility index (Phi) is 5.97. The molecule has 2 aliphatic rings. The molecule has 0 fully saturated rings. The molecule has 4 heterocycles. The first-order valence-electron chi connectivity index (χ1n) is 12.9. The highest BCUT2D eigenvalue weighted by atomic mass is 16.5. The monoisotopic (exact) mass is 496 g/mol. The molecule has 2 aliphatic heterocycles. The molecule has 7 heteroatoms. The summed E-state index contributed by atoms with van der Waals surface area (Å²) in [5.74, 6) is 1.46. The molecule has 0 aliphatic carbocycles. The third-order valence-electron chi connectivity index (χ3n) is 7.52. The number of pyridine rings is 1. The van der Waals surface area contributed by atoms with Crippen LogP contribution >= 0.6 is 0 Å². The van der Waals surface area contributed by atoms with Gasteiger partial charge in [-0.1, -0.05) is 12.1 Å². The molecule has 2 N–H and O–H groups in total. The quantitative estimate of drug-likeness (QED) is 0.420. The van der Waals surface area contributed by atoms with Gasteiger partial charge < -0.3 is 24.6 Å². The fraction of sp³-hybridized carbons (Fsp3) is 0.333. The van der Waals surface area contributed by atoms with Crippen LogP contribution in [-0.2, 0) is 6.54 Å². The van der Waals surface area contributed by atoms with Gasteiger partial charge in [-0.05, 0) is 67.4 Å². The van der Waals surface area contributed by atoms with Crippen LogP contribution in [0.25, 0.3) is 33.3 Å². The van der Waals surface area contributed by atoms with Crippen molar-refractivity contribution in [3.8, 4) is 28.0 Å². The summed E-state index contributed by atoms with van der Waals surface area (Å²) in [6, 6.07) is 14.3. The Hall–Kier alpha value is -3.68. The van der Waals surface area contributed by atoms with Crippen molar-refractivity contribution >= 4 is 16.9 Å². The number of amides is 1. The molecule has 2 aromatic heterocycles. The minimum absolute atomic E-state index is 0.109. The third kappa shape index (κ3) is 4.38. The van der Waals surface area contributed by atoms with Gasteiger partial charge in [0.2, 0.25) is 0 Å². The van der Waals surface area contributed by atoms with Crippen molar-refractivity contribution < 1.29 is 14.6 Å². The van der Waals surface area contributed by atoms with Crippen molar-refractivity contribution in [1.82, 2.24) is 19.8 Å². The highest BCUT2D eigenvalue weighted by Gasteiger charge is 2.30. The summed E-state index contributed by atoms with van der Waals surface area (Å²) in [5.41, 5.74) is 8.37. The van der Waals surface area contributed by atoms with E-state index in [4.69, 9.17) is 9.72 Å². The van der Waals surface area contributed by atoms with E-state index in [1.165, 1.54) is 16.0 Å². The van der Waals surface area contributed by atoms with Crippen molar-refractivity contribution in [1.29, 1.82) is 0 Å². The summed E-state index contributed by atoms with van der Waals surface area (Å²) in [6.07, 6.45) is 4.40. The van der Waals surface area contributed by atoms with Crippen LogP contribution in [-0.4, -0.2) is 70.7 Å². The first-order valence-corrected chi connectivity index (χ1v) is 12.9. The molecule has 0 radical (unpaired) electrons. The topological polar surface area (TPSA) is 81.7 Å². The smallest absolute Gasteiger partial charge is 0.253 e. The second kappa shape index (κ2) is 9.32. The number of aromatic nitrogens is 2. The van der Waals surface area contributed by atoms with Crippen molar-refractivity contribution in [2.24, 2.45) is 0 Å². The number of aliphatic hydroxyl groups excluding tert-OH is 1. The van der Waals surface area contributed by atoms with Gasteiger partial charge in [0.15, 0.2) is 0 Å². The summed E-state index contributed by atoms with van der Waals surface area (Å²) >= 11 is 0. The Bertz CT molecular complexity index is 1470. The first-order chi connectivity index (χ1) is 17.9. The van der Waals surface area contributed by atoms with Crippen molar-refractivity contribution in [2.45, 2.75) is 31.9 Å². The largest absolute Gasteiger partial charge is 0.493 e. The normalized spacial score (nSPS) is 17.8. The minimum atomic E-state index is -0.566. The number of nitrogens with zero attached hydrogens (tertiary/aromatic N) is 3. The number of aliphatic hydroxyl groups is 1. The van der Waals surface area contributed by atoms with E-state index in [1.54, 1.807) is 14.0 Å². The van der Waals surface area contributed by atoms with Crippen LogP contribution in [0.3, 0.4) is 0 Å². The predicted octanol–water partition coefficient (Wildman–Crippen LogP) is 4.66. The first kappa shape index (κ1) is 23.7. The van der Waals surface area contributed by atoms with Crippen LogP contribution in [0.2, 0.25) is 0 Å². The molecular formula is C30H32N4O3. The summed E-state index contributed by atoms with van der Waals surface area (Å²) in [7, 11) is 3.89. The van der Waals surface area contributed by atoms with E-state index in [2.05, 4.69) is 35.1 Å². The Labute approximate surface area is 216 Å². The zero-order valence-electron chi connectivity index (χ0n) is 21.5. The molecule has 0 bridgehead atoms. The average Bonchev–Trinajstić information content (AvgIpc) is 3.31. The van der Waals surface area contributed by atoms with Gasteiger partial charge in [-0.15, -0.1) is 0 Å². The molecular weight excluding hydrogens is 464 g/mol. The number of hydrogen-bond donors (Lipinski definition) is 2. The number of benzene rings is 2. The molecule has 6 rings (SSSR count). The number of nitrogens with one attached hydrogen (secondary N) is 1. The van der Waals surface area contributed by atoms with Crippen LogP contribution in [0.1, 0.15) is 40.7 Å². The Morgan fingerprint density at radius 2 is 2.03 bits per heavy atom. The number of likely N-dealkylation sites (N-methyl/N-ethyl adjacent to an activating group) is 2. The molecule has 190 valence electrons. The highest BCUT2D eigenvalue weighted by molar-refractivity contribution is 5.98.